The van der Waals surface area contributed by atoms with Gasteiger partial charge in [0.1, 0.15) is 0 Å². The van der Waals surface area contributed by atoms with Crippen LogP contribution >= 0.6 is 0 Å². The van der Waals surface area contributed by atoms with E-state index in [4.69, 9.17) is 10.3 Å². The van der Waals surface area contributed by atoms with Crippen LogP contribution in [-0.2, 0) is 6.54 Å². The minimum absolute atomic E-state index is 0.336. The van der Waals surface area contributed by atoms with Crippen molar-refractivity contribution < 1.29 is 9.21 Å². The normalized spacial score (nSPS) is 20.4. The second kappa shape index (κ2) is 6.73. The van der Waals surface area contributed by atoms with Crippen molar-refractivity contribution in [3.8, 4) is 0 Å². The Balaban J connectivity index is 2.06. The van der Waals surface area contributed by atoms with Crippen molar-refractivity contribution in [1.82, 2.24) is 10.3 Å². The Hall–Kier alpha value is -1.33. The maximum Gasteiger partial charge on any atom is 0.301 e. The SMILES string of the molecule is CCCC1CCCCN1Cc1ccoc1C(=O)NN. The van der Waals surface area contributed by atoms with Crippen LogP contribution in [0, 0.1) is 0 Å². The summed E-state index contributed by atoms with van der Waals surface area (Å²) >= 11 is 0. The van der Waals surface area contributed by atoms with Gasteiger partial charge in [0.25, 0.3) is 0 Å². The predicted octanol–water partition coefficient (Wildman–Crippen LogP) is 2.04. The molecule has 5 nitrogen and oxygen atoms in total. The van der Waals surface area contributed by atoms with E-state index in [-0.39, 0.29) is 5.91 Å². The molecule has 1 atom stereocenters. The molecule has 1 amide bonds. The second-order valence-electron chi connectivity index (χ2n) is 5.16. The third-order valence-corrected chi connectivity index (χ3v) is 3.83. The van der Waals surface area contributed by atoms with Gasteiger partial charge in [0, 0.05) is 18.2 Å². The number of hydrazine groups is 1. The lowest BCUT2D eigenvalue weighted by Gasteiger charge is -2.35. The molecule has 2 heterocycles. The summed E-state index contributed by atoms with van der Waals surface area (Å²) in [5.74, 6) is 5.15. The van der Waals surface area contributed by atoms with Gasteiger partial charge >= 0.3 is 5.91 Å². The van der Waals surface area contributed by atoms with Crippen molar-refractivity contribution in [3.05, 3.63) is 23.7 Å². The fraction of sp³-hybridized carbons (Fsp3) is 0.643. The standard InChI is InChI=1S/C14H23N3O2/c1-2-5-12-6-3-4-8-17(12)10-11-7-9-19-13(11)14(18)16-15/h7,9,12H,2-6,8,10,15H2,1H3,(H,16,18). The van der Waals surface area contributed by atoms with Gasteiger partial charge in [-0.3, -0.25) is 15.1 Å². The minimum Gasteiger partial charge on any atom is -0.459 e. The lowest BCUT2D eigenvalue weighted by atomic mass is 9.97. The fourth-order valence-corrected chi connectivity index (χ4v) is 2.87. The lowest BCUT2D eigenvalue weighted by molar-refractivity contribution is 0.0917. The van der Waals surface area contributed by atoms with E-state index in [0.717, 1.165) is 18.7 Å². The Morgan fingerprint density at radius 2 is 2.42 bits per heavy atom. The van der Waals surface area contributed by atoms with Crippen molar-refractivity contribution in [3.63, 3.8) is 0 Å². The topological polar surface area (TPSA) is 71.5 Å². The van der Waals surface area contributed by atoms with Crippen LogP contribution in [0.3, 0.4) is 0 Å². The van der Waals surface area contributed by atoms with E-state index in [1.165, 1.54) is 32.1 Å². The molecule has 0 bridgehead atoms. The zero-order chi connectivity index (χ0) is 13.7. The van der Waals surface area contributed by atoms with Crippen molar-refractivity contribution in [2.75, 3.05) is 6.54 Å². The van der Waals surface area contributed by atoms with Gasteiger partial charge in [0.2, 0.25) is 0 Å². The van der Waals surface area contributed by atoms with Gasteiger partial charge in [-0.25, -0.2) is 5.84 Å². The zero-order valence-electron chi connectivity index (χ0n) is 11.5. The summed E-state index contributed by atoms with van der Waals surface area (Å²) in [6, 6.07) is 2.49. The quantitative estimate of drug-likeness (QED) is 0.485. The van der Waals surface area contributed by atoms with Crippen molar-refractivity contribution in [2.45, 2.75) is 51.6 Å². The third-order valence-electron chi connectivity index (χ3n) is 3.83. The number of nitrogen functional groups attached to an aromatic ring is 1. The van der Waals surface area contributed by atoms with Gasteiger partial charge in [-0.15, -0.1) is 0 Å². The van der Waals surface area contributed by atoms with Crippen LogP contribution in [0.25, 0.3) is 0 Å². The van der Waals surface area contributed by atoms with Gasteiger partial charge in [0.15, 0.2) is 5.76 Å². The van der Waals surface area contributed by atoms with E-state index in [0.29, 0.717) is 11.8 Å². The summed E-state index contributed by atoms with van der Waals surface area (Å²) in [6.45, 7) is 4.08. The molecule has 5 heteroatoms. The highest BCUT2D eigenvalue weighted by molar-refractivity contribution is 5.92. The molecule has 0 aromatic carbocycles. The van der Waals surface area contributed by atoms with Crippen molar-refractivity contribution >= 4 is 5.91 Å². The van der Waals surface area contributed by atoms with Gasteiger partial charge < -0.3 is 4.42 Å². The van der Waals surface area contributed by atoms with Gasteiger partial charge in [-0.05, 0) is 31.9 Å². The first-order valence-corrected chi connectivity index (χ1v) is 7.07. The molecule has 3 N–H and O–H groups in total. The van der Waals surface area contributed by atoms with Crippen LogP contribution in [0.5, 0.6) is 0 Å². The molecular weight excluding hydrogens is 242 g/mol. The van der Waals surface area contributed by atoms with Crippen LogP contribution in [-0.4, -0.2) is 23.4 Å². The van der Waals surface area contributed by atoms with E-state index < -0.39 is 0 Å². The molecule has 1 fully saturated rings. The highest BCUT2D eigenvalue weighted by Gasteiger charge is 2.24. The first-order chi connectivity index (χ1) is 9.26. The molecule has 1 aromatic rings. The maximum atomic E-state index is 11.6. The molecule has 106 valence electrons. The third kappa shape index (κ3) is 3.36. The summed E-state index contributed by atoms with van der Waals surface area (Å²) in [7, 11) is 0. The highest BCUT2D eigenvalue weighted by atomic mass is 16.3. The zero-order valence-corrected chi connectivity index (χ0v) is 11.5. The second-order valence-corrected chi connectivity index (χ2v) is 5.16. The molecule has 0 aliphatic carbocycles. The molecular formula is C14H23N3O2. The number of furan rings is 1. The first-order valence-electron chi connectivity index (χ1n) is 7.07. The smallest absolute Gasteiger partial charge is 0.301 e. The summed E-state index contributed by atoms with van der Waals surface area (Å²) in [5.41, 5.74) is 3.05. The predicted molar refractivity (Wildman–Crippen MR) is 73.3 cm³/mol. The summed E-state index contributed by atoms with van der Waals surface area (Å²) in [4.78, 5) is 14.1. The van der Waals surface area contributed by atoms with E-state index in [1.807, 2.05) is 6.07 Å². The summed E-state index contributed by atoms with van der Waals surface area (Å²) < 4.78 is 5.24. The molecule has 0 saturated carbocycles. The first kappa shape index (κ1) is 14.1. The summed E-state index contributed by atoms with van der Waals surface area (Å²) in [5, 5.41) is 0. The Morgan fingerprint density at radius 3 is 3.16 bits per heavy atom. The molecule has 0 radical (unpaired) electrons. The number of carbonyl (C=O) groups excluding carboxylic acids is 1. The lowest BCUT2D eigenvalue weighted by Crippen LogP contribution is -2.39. The number of carbonyl (C=O) groups is 1. The molecule has 2 rings (SSSR count). The number of hydrogen-bond acceptors (Lipinski definition) is 4. The van der Waals surface area contributed by atoms with E-state index >= 15 is 0 Å². The Labute approximate surface area is 114 Å². The monoisotopic (exact) mass is 265 g/mol. The number of piperidine rings is 1. The summed E-state index contributed by atoms with van der Waals surface area (Å²) in [6.07, 6.45) is 7.76. The van der Waals surface area contributed by atoms with Crippen molar-refractivity contribution in [1.29, 1.82) is 0 Å². The molecule has 1 aromatic heterocycles. The average Bonchev–Trinajstić information content (AvgIpc) is 2.88. The fourth-order valence-electron chi connectivity index (χ4n) is 2.87. The van der Waals surface area contributed by atoms with Gasteiger partial charge in [-0.2, -0.15) is 0 Å². The van der Waals surface area contributed by atoms with Crippen LogP contribution in [0.4, 0.5) is 0 Å². The average molecular weight is 265 g/mol. The molecule has 19 heavy (non-hydrogen) atoms. The molecule has 1 unspecified atom stereocenters. The number of likely N-dealkylation sites (tertiary alicyclic amines) is 1. The number of nitrogens with one attached hydrogen (secondary N) is 1. The van der Waals surface area contributed by atoms with Crippen LogP contribution < -0.4 is 11.3 Å². The largest absolute Gasteiger partial charge is 0.459 e. The van der Waals surface area contributed by atoms with Crippen LogP contribution in [0.1, 0.15) is 55.1 Å². The highest BCUT2D eigenvalue weighted by Crippen LogP contribution is 2.24. The number of nitrogens with two attached hydrogens (primary N) is 1. The van der Waals surface area contributed by atoms with Crippen LogP contribution in [0.2, 0.25) is 0 Å². The molecule has 1 aliphatic heterocycles. The minimum atomic E-state index is -0.357. The molecule has 1 aliphatic rings. The number of nitrogens with zero attached hydrogens (tertiary/aromatic N) is 1. The Bertz CT molecular complexity index is 415. The Kier molecular flexibility index (Phi) is 4.99. The molecule has 1 saturated heterocycles. The van der Waals surface area contributed by atoms with Crippen molar-refractivity contribution in [2.24, 2.45) is 5.84 Å². The van der Waals surface area contributed by atoms with E-state index in [9.17, 15) is 4.79 Å². The maximum absolute atomic E-state index is 11.6. The van der Waals surface area contributed by atoms with Gasteiger partial charge in [-0.1, -0.05) is 19.8 Å². The Morgan fingerprint density at radius 1 is 1.58 bits per heavy atom. The van der Waals surface area contributed by atoms with E-state index in [1.54, 1.807) is 6.26 Å². The number of hydrogen-bond donors (Lipinski definition) is 2. The van der Waals surface area contributed by atoms with Crippen LogP contribution in [0.15, 0.2) is 16.7 Å². The van der Waals surface area contributed by atoms with E-state index in [2.05, 4.69) is 17.2 Å². The van der Waals surface area contributed by atoms with Gasteiger partial charge in [0.05, 0.1) is 6.26 Å². The number of rotatable bonds is 5. The molecule has 0 spiro atoms. The number of amides is 1.